The van der Waals surface area contributed by atoms with Crippen molar-refractivity contribution in [3.05, 3.63) is 29.3 Å². The molecule has 1 rings (SSSR count). The minimum Gasteiger partial charge on any atom is -0.493 e. The summed E-state index contributed by atoms with van der Waals surface area (Å²) in [6, 6.07) is 0.342. The molecule has 0 saturated carbocycles. The Labute approximate surface area is 101 Å². The number of carboxylic acid groups (broad SMARTS) is 1. The van der Waals surface area contributed by atoms with E-state index in [1.54, 1.807) is 0 Å². The number of hydrogen-bond acceptors (Lipinski definition) is 3. The molecule has 0 aliphatic heterocycles. The van der Waals surface area contributed by atoms with E-state index >= 15 is 0 Å². The Bertz CT molecular complexity index is 490. The number of hydrogen-bond donors (Lipinski definition) is 2. The molecule has 0 saturated heterocycles. The first-order valence-corrected chi connectivity index (χ1v) is 4.94. The first-order chi connectivity index (χ1) is 8.38. The van der Waals surface area contributed by atoms with Gasteiger partial charge in [-0.25, -0.2) is 8.78 Å². The fraction of sp³-hybridized carbons (Fsp3) is 0.273. The summed E-state index contributed by atoms with van der Waals surface area (Å²) in [6.07, 6.45) is 0. The van der Waals surface area contributed by atoms with Crippen LogP contribution in [0.2, 0.25) is 0 Å². The van der Waals surface area contributed by atoms with Gasteiger partial charge < -0.3 is 15.2 Å². The van der Waals surface area contributed by atoms with E-state index < -0.39 is 40.9 Å². The van der Waals surface area contributed by atoms with Crippen LogP contribution in [-0.2, 0) is 4.79 Å². The highest BCUT2D eigenvalue weighted by Crippen LogP contribution is 2.25. The third-order valence-electron chi connectivity index (χ3n) is 2.21. The predicted molar refractivity (Wildman–Crippen MR) is 57.5 cm³/mol. The molecule has 98 valence electrons. The standard InChI is InChI=1S/C11H11F2NO4/c1-5(11(16)17)14-10(15)8-6(12)3-4-7(13)9(8)18-2/h3-5H,1-2H3,(H,14,15)(H,16,17). The minimum absolute atomic E-state index is 0.565. The number of halogens is 2. The smallest absolute Gasteiger partial charge is 0.325 e. The second-order valence-electron chi connectivity index (χ2n) is 3.47. The van der Waals surface area contributed by atoms with Crippen LogP contribution in [0, 0.1) is 11.6 Å². The van der Waals surface area contributed by atoms with Crippen molar-refractivity contribution in [3.63, 3.8) is 0 Å². The highest BCUT2D eigenvalue weighted by atomic mass is 19.1. The first-order valence-electron chi connectivity index (χ1n) is 4.94. The summed E-state index contributed by atoms with van der Waals surface area (Å²) in [7, 11) is 1.08. The van der Waals surface area contributed by atoms with E-state index in [0.29, 0.717) is 0 Å². The topological polar surface area (TPSA) is 75.6 Å². The average Bonchev–Trinajstić information content (AvgIpc) is 2.31. The number of amides is 1. The second kappa shape index (κ2) is 5.44. The lowest BCUT2D eigenvalue weighted by atomic mass is 10.1. The van der Waals surface area contributed by atoms with Crippen LogP contribution in [0.25, 0.3) is 0 Å². The molecule has 0 aromatic heterocycles. The van der Waals surface area contributed by atoms with Gasteiger partial charge in [-0.05, 0) is 19.1 Å². The Balaban J connectivity index is 3.12. The zero-order valence-corrected chi connectivity index (χ0v) is 9.66. The SMILES string of the molecule is COc1c(F)ccc(F)c1C(=O)NC(C)C(=O)O. The van der Waals surface area contributed by atoms with Crippen LogP contribution in [0.1, 0.15) is 17.3 Å². The molecule has 0 fully saturated rings. The number of ether oxygens (including phenoxy) is 1. The first kappa shape index (κ1) is 13.9. The number of carbonyl (C=O) groups is 2. The Morgan fingerprint density at radius 2 is 1.89 bits per heavy atom. The number of benzene rings is 1. The fourth-order valence-corrected chi connectivity index (χ4v) is 1.27. The van der Waals surface area contributed by atoms with Gasteiger partial charge in [0.15, 0.2) is 11.6 Å². The van der Waals surface area contributed by atoms with Crippen LogP contribution >= 0.6 is 0 Å². The Morgan fingerprint density at radius 1 is 1.33 bits per heavy atom. The molecule has 0 radical (unpaired) electrons. The van der Waals surface area contributed by atoms with Crippen molar-refractivity contribution >= 4 is 11.9 Å². The molecule has 0 aliphatic rings. The molecule has 0 bridgehead atoms. The Morgan fingerprint density at radius 3 is 2.39 bits per heavy atom. The Hall–Kier alpha value is -2.18. The van der Waals surface area contributed by atoms with Crippen molar-refractivity contribution in [3.8, 4) is 5.75 Å². The second-order valence-corrected chi connectivity index (χ2v) is 3.47. The molecule has 5 nitrogen and oxygen atoms in total. The highest BCUT2D eigenvalue weighted by molar-refractivity contribution is 5.99. The summed E-state index contributed by atoms with van der Waals surface area (Å²) in [4.78, 5) is 22.2. The lowest BCUT2D eigenvalue weighted by molar-refractivity contribution is -0.138. The van der Waals surface area contributed by atoms with E-state index in [-0.39, 0.29) is 0 Å². The van der Waals surface area contributed by atoms with Gasteiger partial charge in [-0.2, -0.15) is 0 Å². The zero-order valence-electron chi connectivity index (χ0n) is 9.66. The molecule has 2 N–H and O–H groups in total. The van der Waals surface area contributed by atoms with Crippen LogP contribution in [0.15, 0.2) is 12.1 Å². The molecule has 1 amide bonds. The molecule has 1 aromatic carbocycles. The van der Waals surface area contributed by atoms with Crippen molar-refractivity contribution < 1.29 is 28.2 Å². The van der Waals surface area contributed by atoms with Crippen LogP contribution in [0.3, 0.4) is 0 Å². The third-order valence-corrected chi connectivity index (χ3v) is 2.21. The average molecular weight is 259 g/mol. The van der Waals surface area contributed by atoms with Gasteiger partial charge in [-0.15, -0.1) is 0 Å². The summed E-state index contributed by atoms with van der Waals surface area (Å²) in [5.41, 5.74) is -0.661. The normalized spacial score (nSPS) is 11.8. The molecule has 1 aromatic rings. The van der Waals surface area contributed by atoms with E-state index in [9.17, 15) is 18.4 Å². The largest absolute Gasteiger partial charge is 0.493 e. The summed E-state index contributed by atoms with van der Waals surface area (Å²) in [6.45, 7) is 1.20. The van der Waals surface area contributed by atoms with Gasteiger partial charge in [-0.3, -0.25) is 9.59 Å². The van der Waals surface area contributed by atoms with Crippen molar-refractivity contribution in [1.82, 2.24) is 5.32 Å². The number of rotatable bonds is 4. The number of nitrogens with one attached hydrogen (secondary N) is 1. The molecule has 1 unspecified atom stereocenters. The lowest BCUT2D eigenvalue weighted by Crippen LogP contribution is -2.38. The lowest BCUT2D eigenvalue weighted by Gasteiger charge is -2.13. The molecular formula is C11H11F2NO4. The van der Waals surface area contributed by atoms with Gasteiger partial charge >= 0.3 is 5.97 Å². The van der Waals surface area contributed by atoms with Crippen LogP contribution in [0.5, 0.6) is 5.75 Å². The van der Waals surface area contributed by atoms with Crippen LogP contribution in [0.4, 0.5) is 8.78 Å². The molecule has 18 heavy (non-hydrogen) atoms. The summed E-state index contributed by atoms with van der Waals surface area (Å²) in [5.74, 6) is -4.82. The molecular weight excluding hydrogens is 248 g/mol. The molecule has 0 aliphatic carbocycles. The molecule has 0 spiro atoms. The highest BCUT2D eigenvalue weighted by Gasteiger charge is 2.24. The van der Waals surface area contributed by atoms with Gasteiger partial charge in [-0.1, -0.05) is 0 Å². The molecule has 1 atom stereocenters. The Kier molecular flexibility index (Phi) is 4.19. The number of carbonyl (C=O) groups excluding carboxylic acids is 1. The molecule has 7 heteroatoms. The van der Waals surface area contributed by atoms with E-state index in [4.69, 9.17) is 5.11 Å². The quantitative estimate of drug-likeness (QED) is 0.851. The van der Waals surface area contributed by atoms with Crippen molar-refractivity contribution in [1.29, 1.82) is 0 Å². The van der Waals surface area contributed by atoms with Crippen molar-refractivity contribution in [2.75, 3.05) is 7.11 Å². The zero-order chi connectivity index (χ0) is 13.9. The van der Waals surface area contributed by atoms with Crippen molar-refractivity contribution in [2.24, 2.45) is 0 Å². The summed E-state index contributed by atoms with van der Waals surface area (Å²) >= 11 is 0. The van der Waals surface area contributed by atoms with Gasteiger partial charge in [0.2, 0.25) is 0 Å². The third kappa shape index (κ3) is 2.73. The van der Waals surface area contributed by atoms with Gasteiger partial charge in [0.25, 0.3) is 5.91 Å². The maximum absolute atomic E-state index is 13.5. The van der Waals surface area contributed by atoms with E-state index in [1.165, 1.54) is 6.92 Å². The minimum atomic E-state index is -1.29. The van der Waals surface area contributed by atoms with E-state index in [2.05, 4.69) is 4.74 Å². The van der Waals surface area contributed by atoms with Crippen molar-refractivity contribution in [2.45, 2.75) is 13.0 Å². The number of methoxy groups -OCH3 is 1. The van der Waals surface area contributed by atoms with E-state index in [0.717, 1.165) is 19.2 Å². The van der Waals surface area contributed by atoms with Crippen LogP contribution < -0.4 is 10.1 Å². The predicted octanol–water partition coefficient (Wildman–Crippen LogP) is 1.18. The van der Waals surface area contributed by atoms with Gasteiger partial charge in [0.1, 0.15) is 17.4 Å². The van der Waals surface area contributed by atoms with Crippen LogP contribution in [-0.4, -0.2) is 30.1 Å². The summed E-state index contributed by atoms with van der Waals surface area (Å²) in [5, 5.41) is 10.6. The van der Waals surface area contributed by atoms with E-state index in [1.807, 2.05) is 5.32 Å². The fourth-order valence-electron chi connectivity index (χ4n) is 1.27. The molecule has 0 heterocycles. The van der Waals surface area contributed by atoms with Gasteiger partial charge in [0.05, 0.1) is 7.11 Å². The maximum Gasteiger partial charge on any atom is 0.325 e. The van der Waals surface area contributed by atoms with Gasteiger partial charge in [0, 0.05) is 0 Å². The number of aliphatic carboxylic acids is 1. The monoisotopic (exact) mass is 259 g/mol. The number of carboxylic acids is 1. The summed E-state index contributed by atoms with van der Waals surface area (Å²) < 4.78 is 31.4. The maximum atomic E-state index is 13.5.